The molecule has 3 rings (SSSR count). The minimum atomic E-state index is -1.34. The summed E-state index contributed by atoms with van der Waals surface area (Å²) in [6, 6.07) is 1.66. The van der Waals surface area contributed by atoms with E-state index in [4.69, 9.17) is 16.6 Å². The number of anilines is 3. The van der Waals surface area contributed by atoms with E-state index in [-0.39, 0.29) is 35.9 Å². The van der Waals surface area contributed by atoms with E-state index in [9.17, 15) is 19.5 Å². The first-order chi connectivity index (χ1) is 16.0. The van der Waals surface area contributed by atoms with Crippen LogP contribution >= 0.6 is 31.9 Å². The number of hydrogen-bond donors (Lipinski definition) is 6. The minimum Gasteiger partial charge on any atom is -0.481 e. The van der Waals surface area contributed by atoms with Crippen molar-refractivity contribution in [2.45, 2.75) is 25.4 Å². The maximum Gasteiger partial charge on any atom is 0.326 e. The third-order valence-corrected chi connectivity index (χ3v) is 5.75. The molecule has 1 aromatic carbocycles. The van der Waals surface area contributed by atoms with Crippen molar-refractivity contribution in [3.63, 3.8) is 0 Å². The molecule has 0 saturated heterocycles. The first kappa shape index (κ1) is 25.0. The number of halogens is 2. The van der Waals surface area contributed by atoms with Crippen LogP contribution in [0.2, 0.25) is 0 Å². The predicted octanol–water partition coefficient (Wildman–Crippen LogP) is 1.77. The van der Waals surface area contributed by atoms with Gasteiger partial charge in [-0.25, -0.2) is 14.8 Å². The van der Waals surface area contributed by atoms with Gasteiger partial charge in [-0.3, -0.25) is 9.59 Å². The van der Waals surface area contributed by atoms with Gasteiger partial charge in [-0.05, 0) is 50.4 Å². The van der Waals surface area contributed by atoms with Gasteiger partial charge in [-0.15, -0.1) is 0 Å². The van der Waals surface area contributed by atoms with Crippen molar-refractivity contribution in [1.82, 2.24) is 25.3 Å². The summed E-state index contributed by atoms with van der Waals surface area (Å²) in [5.74, 6) is -3.04. The molecule has 0 bridgehead atoms. The standard InChI is InChI=1S/C19H18Br2N8O5/c20-9-3-7(17(32)27-11(18(33)34)1-2-12(30)31)4-10(21)13(9)24-5-8-6-25-16-14(26-8)15(22)28-19(23)29-16/h3-4,6,11,24H,1-2,5H2,(H,27,32)(H,30,31)(H,33,34)(H4,22,23,25,28,29)/t11-/m0/s1. The second-order valence-electron chi connectivity index (χ2n) is 6.97. The number of carboxylic acids is 2. The van der Waals surface area contributed by atoms with Crippen molar-refractivity contribution in [1.29, 1.82) is 0 Å². The fraction of sp³-hybridized carbons (Fsp3) is 0.211. The zero-order chi connectivity index (χ0) is 25.0. The molecule has 13 nitrogen and oxygen atoms in total. The number of nitrogens with one attached hydrogen (secondary N) is 2. The Morgan fingerprint density at radius 2 is 1.74 bits per heavy atom. The number of aliphatic carboxylic acids is 2. The third-order valence-electron chi connectivity index (χ3n) is 4.50. The molecule has 178 valence electrons. The zero-order valence-corrected chi connectivity index (χ0v) is 20.4. The summed E-state index contributed by atoms with van der Waals surface area (Å²) in [4.78, 5) is 51.0. The van der Waals surface area contributed by atoms with Crippen LogP contribution in [0.1, 0.15) is 28.9 Å². The van der Waals surface area contributed by atoms with Crippen LogP contribution in [0.15, 0.2) is 27.3 Å². The molecule has 0 radical (unpaired) electrons. The van der Waals surface area contributed by atoms with Gasteiger partial charge in [0.1, 0.15) is 6.04 Å². The lowest BCUT2D eigenvalue weighted by molar-refractivity contribution is -0.140. The molecule has 0 saturated carbocycles. The summed E-state index contributed by atoms with van der Waals surface area (Å²) < 4.78 is 1.02. The van der Waals surface area contributed by atoms with E-state index in [1.54, 1.807) is 0 Å². The predicted molar refractivity (Wildman–Crippen MR) is 129 cm³/mol. The molecule has 8 N–H and O–H groups in total. The number of fused-ring (bicyclic) bond motifs is 1. The van der Waals surface area contributed by atoms with Gasteiger partial charge in [0.25, 0.3) is 5.91 Å². The van der Waals surface area contributed by atoms with E-state index in [1.165, 1.54) is 18.3 Å². The van der Waals surface area contributed by atoms with Gasteiger partial charge in [-0.1, -0.05) is 0 Å². The summed E-state index contributed by atoms with van der Waals surface area (Å²) in [5.41, 5.74) is 13.3. The van der Waals surface area contributed by atoms with E-state index < -0.39 is 30.3 Å². The number of amides is 1. The number of carboxylic acid groups (broad SMARTS) is 2. The summed E-state index contributed by atoms with van der Waals surface area (Å²) >= 11 is 6.78. The molecule has 0 aliphatic heterocycles. The smallest absolute Gasteiger partial charge is 0.326 e. The van der Waals surface area contributed by atoms with Crippen LogP contribution in [0.5, 0.6) is 0 Å². The number of aromatic nitrogens is 4. The second kappa shape index (κ2) is 10.6. The first-order valence-corrected chi connectivity index (χ1v) is 11.2. The lowest BCUT2D eigenvalue weighted by atomic mass is 10.1. The SMILES string of the molecule is Nc1nc(N)c2nc(CNc3c(Br)cc(C(=O)N[C@@H](CCC(=O)O)C(=O)O)cc3Br)cnc2n1. The van der Waals surface area contributed by atoms with Crippen LogP contribution in [-0.4, -0.2) is 54.0 Å². The fourth-order valence-electron chi connectivity index (χ4n) is 2.89. The van der Waals surface area contributed by atoms with Crippen molar-refractivity contribution in [2.24, 2.45) is 0 Å². The highest BCUT2D eigenvalue weighted by atomic mass is 79.9. The third kappa shape index (κ3) is 6.05. The molecule has 0 spiro atoms. The number of benzene rings is 1. The molecule has 1 atom stereocenters. The van der Waals surface area contributed by atoms with Gasteiger partial charge < -0.3 is 32.3 Å². The van der Waals surface area contributed by atoms with Crippen molar-refractivity contribution < 1.29 is 24.6 Å². The van der Waals surface area contributed by atoms with Crippen LogP contribution in [0, 0.1) is 0 Å². The molecule has 0 aliphatic rings. The van der Waals surface area contributed by atoms with Crippen LogP contribution in [0.3, 0.4) is 0 Å². The summed E-state index contributed by atoms with van der Waals surface area (Å²) in [6.07, 6.45) is 0.873. The van der Waals surface area contributed by atoms with Crippen molar-refractivity contribution in [3.8, 4) is 0 Å². The highest BCUT2D eigenvalue weighted by Gasteiger charge is 2.22. The second-order valence-corrected chi connectivity index (χ2v) is 8.67. The van der Waals surface area contributed by atoms with E-state index in [0.717, 1.165) is 0 Å². The van der Waals surface area contributed by atoms with Gasteiger partial charge >= 0.3 is 11.9 Å². The van der Waals surface area contributed by atoms with Gasteiger partial charge in [-0.2, -0.15) is 9.97 Å². The number of carbonyl (C=O) groups is 3. The van der Waals surface area contributed by atoms with Gasteiger partial charge in [0.05, 0.1) is 24.1 Å². The maximum absolute atomic E-state index is 12.5. The highest BCUT2D eigenvalue weighted by Crippen LogP contribution is 2.33. The molecule has 2 heterocycles. The zero-order valence-electron chi connectivity index (χ0n) is 17.2. The lowest BCUT2D eigenvalue weighted by Crippen LogP contribution is -2.41. The number of nitrogen functional groups attached to an aromatic ring is 2. The Hall–Kier alpha value is -3.59. The summed E-state index contributed by atoms with van der Waals surface area (Å²) in [5, 5.41) is 23.5. The molecule has 0 unspecified atom stereocenters. The monoisotopic (exact) mass is 596 g/mol. The Balaban J connectivity index is 1.74. The number of carbonyl (C=O) groups excluding carboxylic acids is 1. The Kier molecular flexibility index (Phi) is 7.78. The Morgan fingerprint density at radius 1 is 1.06 bits per heavy atom. The molecule has 15 heteroatoms. The topological polar surface area (TPSA) is 219 Å². The Labute approximate surface area is 208 Å². The average Bonchev–Trinajstić information content (AvgIpc) is 2.75. The highest BCUT2D eigenvalue weighted by molar-refractivity contribution is 9.11. The van der Waals surface area contributed by atoms with Crippen LogP contribution in [0.25, 0.3) is 11.2 Å². The number of hydrogen-bond acceptors (Lipinski definition) is 10. The molecule has 34 heavy (non-hydrogen) atoms. The van der Waals surface area contributed by atoms with Crippen molar-refractivity contribution >= 4 is 78.3 Å². The largest absolute Gasteiger partial charge is 0.481 e. The lowest BCUT2D eigenvalue weighted by Gasteiger charge is -2.16. The van der Waals surface area contributed by atoms with E-state index in [2.05, 4.69) is 62.4 Å². The molecule has 1 amide bonds. The van der Waals surface area contributed by atoms with Gasteiger partial charge in [0.2, 0.25) is 5.95 Å². The maximum atomic E-state index is 12.5. The first-order valence-electron chi connectivity index (χ1n) is 9.58. The molecule has 0 fully saturated rings. The molecule has 3 aromatic rings. The van der Waals surface area contributed by atoms with E-state index in [1.807, 2.05) is 0 Å². The summed E-state index contributed by atoms with van der Waals surface area (Å²) in [6.45, 7) is 0.242. The van der Waals surface area contributed by atoms with Gasteiger partial charge in [0, 0.05) is 20.9 Å². The molecular weight excluding hydrogens is 580 g/mol. The van der Waals surface area contributed by atoms with E-state index in [0.29, 0.717) is 25.8 Å². The molecule has 2 aromatic heterocycles. The summed E-state index contributed by atoms with van der Waals surface area (Å²) in [7, 11) is 0. The quantitative estimate of drug-likeness (QED) is 0.208. The van der Waals surface area contributed by atoms with Crippen molar-refractivity contribution in [2.75, 3.05) is 16.8 Å². The normalized spacial score (nSPS) is 11.7. The number of nitrogens with two attached hydrogens (primary N) is 2. The Bertz CT molecular complexity index is 1270. The number of rotatable bonds is 9. The van der Waals surface area contributed by atoms with Crippen molar-refractivity contribution in [3.05, 3.63) is 38.5 Å². The molecule has 0 aliphatic carbocycles. The Morgan fingerprint density at radius 3 is 2.35 bits per heavy atom. The number of nitrogens with zero attached hydrogens (tertiary/aromatic N) is 4. The molecular formula is C19H18Br2N8O5. The van der Waals surface area contributed by atoms with E-state index >= 15 is 0 Å². The van der Waals surface area contributed by atoms with Gasteiger partial charge in [0.15, 0.2) is 17.0 Å². The van der Waals surface area contributed by atoms with Crippen LogP contribution in [0.4, 0.5) is 17.5 Å². The fourth-order valence-corrected chi connectivity index (χ4v) is 4.35. The van der Waals surface area contributed by atoms with Crippen LogP contribution < -0.4 is 22.1 Å². The van der Waals surface area contributed by atoms with Crippen LogP contribution in [-0.2, 0) is 16.1 Å². The minimum absolute atomic E-state index is 0.00118. The average molecular weight is 598 g/mol.